The van der Waals surface area contributed by atoms with Crippen LogP contribution in [0.25, 0.3) is 0 Å². The van der Waals surface area contributed by atoms with E-state index in [1.54, 1.807) is 0 Å². The van der Waals surface area contributed by atoms with Crippen molar-refractivity contribution in [1.29, 1.82) is 0 Å². The van der Waals surface area contributed by atoms with E-state index in [2.05, 4.69) is 44.2 Å². The number of hydrogen-bond donors (Lipinski definition) is 1. The topological polar surface area (TPSA) is 26.0 Å². The molecule has 1 aromatic carbocycles. The van der Waals surface area contributed by atoms with Crippen molar-refractivity contribution in [1.82, 2.24) is 0 Å². The van der Waals surface area contributed by atoms with Crippen molar-refractivity contribution in [3.8, 4) is 0 Å². The molecule has 0 atom stereocenters. The molecule has 2 N–H and O–H groups in total. The van der Waals surface area contributed by atoms with Gasteiger partial charge < -0.3 is 5.73 Å². The molecule has 1 heteroatoms. The summed E-state index contributed by atoms with van der Waals surface area (Å²) in [5, 5.41) is 0. The van der Waals surface area contributed by atoms with Crippen molar-refractivity contribution >= 4 is 0 Å². The van der Waals surface area contributed by atoms with Gasteiger partial charge in [0.25, 0.3) is 0 Å². The average molecular weight is 189 g/mol. The molecule has 0 spiro atoms. The SMILES string of the molecule is CC(=CCCN)Cc1ccc(C)cc1. The van der Waals surface area contributed by atoms with Gasteiger partial charge in [0.1, 0.15) is 0 Å². The molecule has 0 bridgehead atoms. The molecular formula is C13H19N. The van der Waals surface area contributed by atoms with E-state index in [0.29, 0.717) is 0 Å². The summed E-state index contributed by atoms with van der Waals surface area (Å²) in [6.07, 6.45) is 4.25. The van der Waals surface area contributed by atoms with Gasteiger partial charge in [0.05, 0.1) is 0 Å². The zero-order valence-corrected chi connectivity index (χ0v) is 9.09. The second kappa shape index (κ2) is 5.61. The Bertz CT molecular complexity index is 296. The number of aryl methyl sites for hydroxylation is 1. The molecule has 1 nitrogen and oxygen atoms in total. The van der Waals surface area contributed by atoms with Crippen LogP contribution in [-0.2, 0) is 6.42 Å². The molecule has 0 heterocycles. The first-order valence-corrected chi connectivity index (χ1v) is 5.13. The standard InChI is InChI=1S/C13H19N/c1-11-5-7-13(8-6-11)10-12(2)4-3-9-14/h4-8H,3,9-10,14H2,1-2H3. The van der Waals surface area contributed by atoms with Crippen LogP contribution in [0.4, 0.5) is 0 Å². The first-order valence-electron chi connectivity index (χ1n) is 5.13. The number of rotatable bonds is 4. The van der Waals surface area contributed by atoms with E-state index in [-0.39, 0.29) is 0 Å². The second-order valence-electron chi connectivity index (χ2n) is 3.79. The molecular weight excluding hydrogens is 170 g/mol. The third-order valence-electron chi connectivity index (χ3n) is 2.26. The molecule has 0 saturated carbocycles. The average Bonchev–Trinajstić information content (AvgIpc) is 2.18. The Morgan fingerprint density at radius 3 is 2.50 bits per heavy atom. The fourth-order valence-electron chi connectivity index (χ4n) is 1.43. The quantitative estimate of drug-likeness (QED) is 0.724. The Morgan fingerprint density at radius 2 is 1.93 bits per heavy atom. The minimum Gasteiger partial charge on any atom is -0.330 e. The summed E-state index contributed by atoms with van der Waals surface area (Å²) in [5.74, 6) is 0. The Labute approximate surface area is 86.6 Å². The van der Waals surface area contributed by atoms with Crippen LogP contribution >= 0.6 is 0 Å². The molecule has 0 fully saturated rings. The lowest BCUT2D eigenvalue weighted by molar-refractivity contribution is 0.981. The normalized spacial score (nSPS) is 11.8. The van der Waals surface area contributed by atoms with Crippen LogP contribution in [0.5, 0.6) is 0 Å². The minimum atomic E-state index is 0.741. The highest BCUT2D eigenvalue weighted by molar-refractivity contribution is 5.25. The van der Waals surface area contributed by atoms with Crippen LogP contribution in [0, 0.1) is 6.92 Å². The molecule has 0 radical (unpaired) electrons. The second-order valence-corrected chi connectivity index (χ2v) is 3.79. The lowest BCUT2D eigenvalue weighted by Gasteiger charge is -2.02. The predicted octanol–water partition coefficient (Wildman–Crippen LogP) is 2.83. The van der Waals surface area contributed by atoms with Crippen LogP contribution in [0.1, 0.15) is 24.5 Å². The van der Waals surface area contributed by atoms with Gasteiger partial charge >= 0.3 is 0 Å². The molecule has 0 aliphatic rings. The lowest BCUT2D eigenvalue weighted by atomic mass is 10.0. The maximum atomic E-state index is 5.45. The van der Waals surface area contributed by atoms with Gasteiger partial charge in [-0.2, -0.15) is 0 Å². The van der Waals surface area contributed by atoms with E-state index in [9.17, 15) is 0 Å². The van der Waals surface area contributed by atoms with Gasteiger partial charge in [-0.15, -0.1) is 0 Å². The van der Waals surface area contributed by atoms with Gasteiger partial charge in [0.15, 0.2) is 0 Å². The van der Waals surface area contributed by atoms with Crippen LogP contribution < -0.4 is 5.73 Å². The zero-order chi connectivity index (χ0) is 10.4. The summed E-state index contributed by atoms with van der Waals surface area (Å²) in [6, 6.07) is 8.70. The van der Waals surface area contributed by atoms with Gasteiger partial charge in [-0.25, -0.2) is 0 Å². The molecule has 0 aromatic heterocycles. The monoisotopic (exact) mass is 189 g/mol. The van der Waals surface area contributed by atoms with Crippen LogP contribution in [0.3, 0.4) is 0 Å². The molecule has 1 aromatic rings. The summed E-state index contributed by atoms with van der Waals surface area (Å²) in [4.78, 5) is 0. The van der Waals surface area contributed by atoms with Crippen molar-refractivity contribution in [2.24, 2.45) is 5.73 Å². The largest absolute Gasteiger partial charge is 0.330 e. The number of benzene rings is 1. The predicted molar refractivity (Wildman–Crippen MR) is 62.3 cm³/mol. The first kappa shape index (κ1) is 11.0. The summed E-state index contributed by atoms with van der Waals surface area (Å²) < 4.78 is 0. The maximum absolute atomic E-state index is 5.45. The van der Waals surface area contributed by atoms with Gasteiger partial charge in [0.2, 0.25) is 0 Å². The highest BCUT2D eigenvalue weighted by atomic mass is 14.5. The van der Waals surface area contributed by atoms with Gasteiger partial charge in [-0.1, -0.05) is 41.5 Å². The Morgan fingerprint density at radius 1 is 1.29 bits per heavy atom. The molecule has 0 unspecified atom stereocenters. The highest BCUT2D eigenvalue weighted by Gasteiger charge is 1.93. The smallest absolute Gasteiger partial charge is 0.00425 e. The van der Waals surface area contributed by atoms with E-state index in [1.807, 2.05) is 0 Å². The van der Waals surface area contributed by atoms with Gasteiger partial charge in [-0.05, 0) is 38.8 Å². The Balaban J connectivity index is 2.56. The molecule has 0 aliphatic heterocycles. The molecule has 76 valence electrons. The van der Waals surface area contributed by atoms with Crippen LogP contribution in [0.15, 0.2) is 35.9 Å². The van der Waals surface area contributed by atoms with Crippen LogP contribution in [0.2, 0.25) is 0 Å². The summed E-state index contributed by atoms with van der Waals surface area (Å²) >= 11 is 0. The molecule has 0 amide bonds. The van der Waals surface area contributed by atoms with Crippen molar-refractivity contribution in [2.75, 3.05) is 6.54 Å². The number of allylic oxidation sites excluding steroid dienone is 1. The number of nitrogens with two attached hydrogens (primary N) is 1. The van der Waals surface area contributed by atoms with Crippen molar-refractivity contribution in [3.05, 3.63) is 47.0 Å². The van der Waals surface area contributed by atoms with E-state index < -0.39 is 0 Å². The Kier molecular flexibility index (Phi) is 4.41. The van der Waals surface area contributed by atoms with Crippen molar-refractivity contribution in [2.45, 2.75) is 26.7 Å². The first-order chi connectivity index (χ1) is 6.72. The van der Waals surface area contributed by atoms with Crippen molar-refractivity contribution in [3.63, 3.8) is 0 Å². The van der Waals surface area contributed by atoms with Gasteiger partial charge in [-0.3, -0.25) is 0 Å². The molecule has 14 heavy (non-hydrogen) atoms. The third-order valence-corrected chi connectivity index (χ3v) is 2.26. The van der Waals surface area contributed by atoms with E-state index in [0.717, 1.165) is 19.4 Å². The zero-order valence-electron chi connectivity index (χ0n) is 9.09. The molecule has 1 rings (SSSR count). The third kappa shape index (κ3) is 3.75. The molecule has 0 saturated heterocycles. The maximum Gasteiger partial charge on any atom is -0.00425 e. The van der Waals surface area contributed by atoms with E-state index in [4.69, 9.17) is 5.73 Å². The lowest BCUT2D eigenvalue weighted by Crippen LogP contribution is -1.96. The van der Waals surface area contributed by atoms with Crippen molar-refractivity contribution < 1.29 is 0 Å². The fraction of sp³-hybridized carbons (Fsp3) is 0.385. The number of hydrogen-bond acceptors (Lipinski definition) is 1. The highest BCUT2D eigenvalue weighted by Crippen LogP contribution is 2.09. The van der Waals surface area contributed by atoms with Gasteiger partial charge in [0, 0.05) is 0 Å². The summed E-state index contributed by atoms with van der Waals surface area (Å²) in [5.41, 5.74) is 9.54. The van der Waals surface area contributed by atoms with Crippen LogP contribution in [-0.4, -0.2) is 6.54 Å². The van der Waals surface area contributed by atoms with E-state index in [1.165, 1.54) is 16.7 Å². The summed E-state index contributed by atoms with van der Waals surface area (Å²) in [7, 11) is 0. The summed E-state index contributed by atoms with van der Waals surface area (Å²) in [6.45, 7) is 5.02. The fourth-order valence-corrected chi connectivity index (χ4v) is 1.43. The van der Waals surface area contributed by atoms with E-state index >= 15 is 0 Å². The Hall–Kier alpha value is -1.08. The molecule has 0 aliphatic carbocycles. The minimum absolute atomic E-state index is 0.741.